The highest BCUT2D eigenvalue weighted by atomic mass is 16.4. The van der Waals surface area contributed by atoms with Crippen molar-refractivity contribution in [3.63, 3.8) is 0 Å². The van der Waals surface area contributed by atoms with Gasteiger partial charge < -0.3 is 10.2 Å². The van der Waals surface area contributed by atoms with E-state index in [2.05, 4.69) is 0 Å². The lowest BCUT2D eigenvalue weighted by Gasteiger charge is -2.09. The van der Waals surface area contributed by atoms with Gasteiger partial charge in [0.25, 0.3) is 0 Å². The van der Waals surface area contributed by atoms with E-state index in [4.69, 9.17) is 5.11 Å². The Bertz CT molecular complexity index is 434. The molecule has 1 aromatic carbocycles. The van der Waals surface area contributed by atoms with E-state index >= 15 is 0 Å². The van der Waals surface area contributed by atoms with Crippen LogP contribution in [0.1, 0.15) is 18.9 Å². The number of carboxylic acids is 1. The second-order valence-electron chi connectivity index (χ2n) is 4.12. The molecule has 0 spiro atoms. The Balaban J connectivity index is 2.34. The van der Waals surface area contributed by atoms with Crippen LogP contribution in [0.25, 0.3) is 5.57 Å². The molecule has 0 fully saturated rings. The average Bonchev–Trinajstić information content (AvgIpc) is 2.58. The molecule has 16 heavy (non-hydrogen) atoms. The molecule has 0 saturated carbocycles. The highest BCUT2D eigenvalue weighted by Crippen LogP contribution is 2.37. The summed E-state index contributed by atoms with van der Waals surface area (Å²) in [6.07, 6.45) is -0.445. The van der Waals surface area contributed by atoms with Crippen molar-refractivity contribution in [1.82, 2.24) is 0 Å². The summed E-state index contributed by atoms with van der Waals surface area (Å²) in [6, 6.07) is 9.62. The number of aliphatic carboxylic acids is 1. The molecule has 0 aromatic heterocycles. The van der Waals surface area contributed by atoms with E-state index in [0.29, 0.717) is 6.42 Å². The van der Waals surface area contributed by atoms with E-state index in [0.717, 1.165) is 16.7 Å². The number of hydrogen-bond acceptors (Lipinski definition) is 2. The van der Waals surface area contributed by atoms with Gasteiger partial charge in [0.2, 0.25) is 0 Å². The summed E-state index contributed by atoms with van der Waals surface area (Å²) in [6.45, 7) is 1.80. The van der Waals surface area contributed by atoms with Crippen LogP contribution in [0.4, 0.5) is 0 Å². The molecule has 0 unspecified atom stereocenters. The van der Waals surface area contributed by atoms with E-state index in [9.17, 15) is 9.90 Å². The fourth-order valence-corrected chi connectivity index (χ4v) is 2.18. The number of allylic oxidation sites excluding steroid dienone is 1. The van der Waals surface area contributed by atoms with Gasteiger partial charge >= 0.3 is 5.97 Å². The van der Waals surface area contributed by atoms with Gasteiger partial charge in [-0.2, -0.15) is 0 Å². The van der Waals surface area contributed by atoms with Crippen LogP contribution < -0.4 is 0 Å². The van der Waals surface area contributed by atoms with Crippen molar-refractivity contribution in [3.05, 3.63) is 41.5 Å². The van der Waals surface area contributed by atoms with Crippen LogP contribution >= 0.6 is 0 Å². The third kappa shape index (κ3) is 1.74. The first-order chi connectivity index (χ1) is 7.61. The van der Waals surface area contributed by atoms with E-state index in [-0.39, 0.29) is 0 Å². The summed E-state index contributed by atoms with van der Waals surface area (Å²) < 4.78 is 0. The smallest absolute Gasteiger partial charge is 0.309 e. The average molecular weight is 218 g/mol. The zero-order valence-corrected chi connectivity index (χ0v) is 9.05. The molecule has 0 heterocycles. The van der Waals surface area contributed by atoms with Crippen molar-refractivity contribution >= 4 is 11.5 Å². The number of carbonyl (C=O) groups is 1. The SMILES string of the molecule is CC1=C(c2ccccc2)C[C@H](C(=O)O)[C@H]1O. The van der Waals surface area contributed by atoms with Crippen LogP contribution in [-0.4, -0.2) is 22.3 Å². The van der Waals surface area contributed by atoms with Gasteiger partial charge in [0.05, 0.1) is 12.0 Å². The third-order valence-electron chi connectivity index (χ3n) is 3.16. The maximum absolute atomic E-state index is 10.9. The van der Waals surface area contributed by atoms with Crippen LogP contribution in [0.3, 0.4) is 0 Å². The van der Waals surface area contributed by atoms with E-state index in [1.807, 2.05) is 30.3 Å². The van der Waals surface area contributed by atoms with Crippen LogP contribution in [0.15, 0.2) is 35.9 Å². The summed E-state index contributed by atoms with van der Waals surface area (Å²) >= 11 is 0. The number of aliphatic hydroxyl groups is 1. The Morgan fingerprint density at radius 2 is 1.94 bits per heavy atom. The Morgan fingerprint density at radius 3 is 2.44 bits per heavy atom. The topological polar surface area (TPSA) is 57.5 Å². The first kappa shape index (κ1) is 10.9. The molecule has 0 aliphatic heterocycles. The van der Waals surface area contributed by atoms with E-state index < -0.39 is 18.0 Å². The highest BCUT2D eigenvalue weighted by Gasteiger charge is 2.36. The van der Waals surface area contributed by atoms with Gasteiger partial charge in [-0.05, 0) is 30.1 Å². The molecule has 0 saturated heterocycles. The Hall–Kier alpha value is -1.61. The monoisotopic (exact) mass is 218 g/mol. The predicted octanol–water partition coefficient (Wildman–Crippen LogP) is 1.93. The van der Waals surface area contributed by atoms with Crippen molar-refractivity contribution in [1.29, 1.82) is 0 Å². The van der Waals surface area contributed by atoms with Gasteiger partial charge in [0.1, 0.15) is 0 Å². The molecule has 2 rings (SSSR count). The second kappa shape index (κ2) is 4.10. The number of hydrogen-bond donors (Lipinski definition) is 2. The summed E-state index contributed by atoms with van der Waals surface area (Å²) in [5.74, 6) is -1.63. The first-order valence-electron chi connectivity index (χ1n) is 5.27. The molecule has 84 valence electrons. The fourth-order valence-electron chi connectivity index (χ4n) is 2.18. The van der Waals surface area contributed by atoms with Gasteiger partial charge in [-0.15, -0.1) is 0 Å². The molecular weight excluding hydrogens is 204 g/mol. The van der Waals surface area contributed by atoms with E-state index in [1.165, 1.54) is 0 Å². The lowest BCUT2D eigenvalue weighted by atomic mass is 10.0. The maximum Gasteiger partial charge on any atom is 0.309 e. The lowest BCUT2D eigenvalue weighted by Crippen LogP contribution is -2.24. The van der Waals surface area contributed by atoms with Crippen molar-refractivity contribution < 1.29 is 15.0 Å². The number of rotatable bonds is 2. The molecule has 0 radical (unpaired) electrons. The largest absolute Gasteiger partial charge is 0.481 e. The van der Waals surface area contributed by atoms with Crippen LogP contribution in [0.2, 0.25) is 0 Å². The maximum atomic E-state index is 10.9. The van der Waals surface area contributed by atoms with Crippen molar-refractivity contribution in [3.8, 4) is 0 Å². The Kier molecular flexibility index (Phi) is 2.79. The minimum absolute atomic E-state index is 0.409. The molecule has 3 nitrogen and oxygen atoms in total. The summed E-state index contributed by atoms with van der Waals surface area (Å²) in [7, 11) is 0. The third-order valence-corrected chi connectivity index (χ3v) is 3.16. The van der Waals surface area contributed by atoms with Crippen LogP contribution in [0, 0.1) is 5.92 Å². The molecule has 0 bridgehead atoms. The van der Waals surface area contributed by atoms with Gasteiger partial charge in [0.15, 0.2) is 0 Å². The van der Waals surface area contributed by atoms with Gasteiger partial charge in [-0.1, -0.05) is 30.3 Å². The highest BCUT2D eigenvalue weighted by molar-refractivity contribution is 5.81. The second-order valence-corrected chi connectivity index (χ2v) is 4.12. The Labute approximate surface area is 94.0 Å². The van der Waals surface area contributed by atoms with Crippen molar-refractivity contribution in [2.24, 2.45) is 5.92 Å². The molecule has 2 N–H and O–H groups in total. The predicted molar refractivity (Wildman–Crippen MR) is 60.8 cm³/mol. The van der Waals surface area contributed by atoms with Crippen LogP contribution in [-0.2, 0) is 4.79 Å². The minimum Gasteiger partial charge on any atom is -0.481 e. The molecule has 1 aliphatic rings. The quantitative estimate of drug-likeness (QED) is 0.797. The number of aliphatic hydroxyl groups excluding tert-OH is 1. The van der Waals surface area contributed by atoms with Crippen LogP contribution in [0.5, 0.6) is 0 Å². The van der Waals surface area contributed by atoms with Gasteiger partial charge in [0, 0.05) is 0 Å². The van der Waals surface area contributed by atoms with Crippen molar-refractivity contribution in [2.45, 2.75) is 19.4 Å². The van der Waals surface area contributed by atoms with E-state index in [1.54, 1.807) is 6.92 Å². The number of carboxylic acid groups (broad SMARTS) is 1. The summed E-state index contributed by atoms with van der Waals surface area (Å²) in [5, 5.41) is 18.8. The van der Waals surface area contributed by atoms with Crippen molar-refractivity contribution in [2.75, 3.05) is 0 Å². The molecule has 0 amide bonds. The molecule has 1 aromatic rings. The van der Waals surface area contributed by atoms with Gasteiger partial charge in [-0.25, -0.2) is 0 Å². The summed E-state index contributed by atoms with van der Waals surface area (Å²) in [5.41, 5.74) is 2.74. The van der Waals surface area contributed by atoms with Gasteiger partial charge in [-0.3, -0.25) is 4.79 Å². The summed E-state index contributed by atoms with van der Waals surface area (Å²) in [4.78, 5) is 10.9. The zero-order valence-electron chi connectivity index (χ0n) is 9.05. The molecule has 3 heteroatoms. The molecule has 1 aliphatic carbocycles. The first-order valence-corrected chi connectivity index (χ1v) is 5.27. The standard InChI is InChI=1S/C13H14O3/c1-8-10(9-5-3-2-4-6-9)7-11(12(8)14)13(15)16/h2-6,11-12,14H,7H2,1H3,(H,15,16)/t11-,12-/m0/s1. The zero-order chi connectivity index (χ0) is 11.7. The number of benzene rings is 1. The minimum atomic E-state index is -0.933. The molecule has 2 atom stereocenters. The normalized spacial score (nSPS) is 24.9. The Morgan fingerprint density at radius 1 is 1.31 bits per heavy atom. The molecular formula is C13H14O3. The lowest BCUT2D eigenvalue weighted by molar-refractivity contribution is -0.144. The fraction of sp³-hybridized carbons (Fsp3) is 0.308.